The van der Waals surface area contributed by atoms with Crippen LogP contribution in [0.3, 0.4) is 0 Å². The predicted octanol–water partition coefficient (Wildman–Crippen LogP) is 3.44. The van der Waals surface area contributed by atoms with Crippen molar-refractivity contribution in [2.24, 2.45) is 0 Å². The van der Waals surface area contributed by atoms with Crippen LogP contribution < -0.4 is 25.2 Å². The van der Waals surface area contributed by atoms with Crippen LogP contribution in [0.5, 0.6) is 5.75 Å². The summed E-state index contributed by atoms with van der Waals surface area (Å²) >= 11 is 0. The molecule has 1 unspecified atom stereocenters. The lowest BCUT2D eigenvalue weighted by Crippen LogP contribution is -2.41. The number of aliphatic hydroxyl groups is 1. The van der Waals surface area contributed by atoms with Crippen LogP contribution in [0.15, 0.2) is 24.3 Å². The van der Waals surface area contributed by atoms with Gasteiger partial charge in [-0.05, 0) is 57.2 Å². The van der Waals surface area contributed by atoms with E-state index in [0.717, 1.165) is 67.1 Å². The van der Waals surface area contributed by atoms with Crippen molar-refractivity contribution in [2.45, 2.75) is 58.2 Å². The van der Waals surface area contributed by atoms with Crippen LogP contribution in [0.2, 0.25) is 0 Å². The number of benzene rings is 1. The van der Waals surface area contributed by atoms with E-state index in [1.54, 1.807) is 7.11 Å². The second kappa shape index (κ2) is 9.60. The lowest BCUT2D eigenvalue weighted by molar-refractivity contribution is 0.262. The molecule has 8 heteroatoms. The third-order valence-corrected chi connectivity index (χ3v) is 6.17. The molecule has 8 nitrogen and oxygen atoms in total. The summed E-state index contributed by atoms with van der Waals surface area (Å²) in [5.74, 6) is 3.38. The molecule has 1 aromatic heterocycles. The molecule has 4 rings (SSSR count). The minimum atomic E-state index is 0.189. The van der Waals surface area contributed by atoms with Gasteiger partial charge in [0.1, 0.15) is 11.4 Å². The molecule has 1 fully saturated rings. The number of ether oxygens (including phenoxy) is 1. The summed E-state index contributed by atoms with van der Waals surface area (Å²) in [4.78, 5) is 14.5. The number of nitrogens with one attached hydrogen (secondary N) is 2. The van der Waals surface area contributed by atoms with Gasteiger partial charge in [-0.1, -0.05) is 12.1 Å². The summed E-state index contributed by atoms with van der Waals surface area (Å²) in [6.45, 7) is 6.86. The molecule has 3 heterocycles. The maximum atomic E-state index is 9.55. The van der Waals surface area contributed by atoms with Gasteiger partial charge in [0.25, 0.3) is 0 Å². The smallest absolute Gasteiger partial charge is 0.229 e. The van der Waals surface area contributed by atoms with Crippen LogP contribution in [-0.4, -0.2) is 54.1 Å². The zero-order valence-corrected chi connectivity index (χ0v) is 18.8. The van der Waals surface area contributed by atoms with E-state index in [1.807, 2.05) is 12.1 Å². The molecule has 0 spiro atoms. The number of nitrogens with zero attached hydrogens (tertiary/aromatic N) is 4. The van der Waals surface area contributed by atoms with E-state index in [0.29, 0.717) is 12.6 Å². The van der Waals surface area contributed by atoms with Gasteiger partial charge in [0.15, 0.2) is 11.6 Å². The number of hydrogen-bond donors (Lipinski definition) is 3. The lowest BCUT2D eigenvalue weighted by atomic mass is 10.0. The first-order chi connectivity index (χ1) is 15.1. The maximum Gasteiger partial charge on any atom is 0.229 e. The van der Waals surface area contributed by atoms with E-state index in [2.05, 4.69) is 46.4 Å². The second-order valence-corrected chi connectivity index (χ2v) is 8.53. The van der Waals surface area contributed by atoms with Gasteiger partial charge in [0.2, 0.25) is 5.95 Å². The Hall–Kier alpha value is -2.74. The first kappa shape index (κ1) is 21.5. The standard InChI is InChI=1S/C23H34N6O2/c1-16(2)29-15-25-20-21(24-14-17-7-9-19(31-3)10-8-17)26-23(27-22(20)29)28-12-5-4-6-18(28)11-13-30/h7-10,16,18,25,30H,4-6,11-15H2,1-3H3,(H,24,26,27). The normalized spacial score (nSPS) is 18.2. The molecule has 3 N–H and O–H groups in total. The number of aromatic nitrogens is 2. The van der Waals surface area contributed by atoms with Crippen LogP contribution in [-0.2, 0) is 6.54 Å². The number of anilines is 4. The van der Waals surface area contributed by atoms with Crippen LogP contribution in [0.4, 0.5) is 23.3 Å². The largest absolute Gasteiger partial charge is 0.497 e. The molecule has 1 aromatic carbocycles. The lowest BCUT2D eigenvalue weighted by Gasteiger charge is -2.36. The van der Waals surface area contributed by atoms with Crippen molar-refractivity contribution in [1.29, 1.82) is 0 Å². The Morgan fingerprint density at radius 3 is 2.74 bits per heavy atom. The third-order valence-electron chi connectivity index (χ3n) is 6.17. The number of piperidine rings is 1. The van der Waals surface area contributed by atoms with E-state index in [-0.39, 0.29) is 12.6 Å². The van der Waals surface area contributed by atoms with E-state index < -0.39 is 0 Å². The Morgan fingerprint density at radius 1 is 1.23 bits per heavy atom. The van der Waals surface area contributed by atoms with Gasteiger partial charge in [-0.3, -0.25) is 0 Å². The van der Waals surface area contributed by atoms with Gasteiger partial charge in [-0.25, -0.2) is 0 Å². The quantitative estimate of drug-likeness (QED) is 0.592. The molecular formula is C23H34N6O2. The zero-order valence-electron chi connectivity index (χ0n) is 18.8. The van der Waals surface area contributed by atoms with Gasteiger partial charge in [-0.2, -0.15) is 9.97 Å². The fraction of sp³-hybridized carbons (Fsp3) is 0.565. The molecule has 1 saturated heterocycles. The van der Waals surface area contributed by atoms with Crippen molar-refractivity contribution < 1.29 is 9.84 Å². The highest BCUT2D eigenvalue weighted by Crippen LogP contribution is 2.39. The minimum Gasteiger partial charge on any atom is -0.497 e. The number of fused-ring (bicyclic) bond motifs is 1. The van der Waals surface area contributed by atoms with Crippen molar-refractivity contribution in [3.8, 4) is 5.75 Å². The minimum absolute atomic E-state index is 0.189. The van der Waals surface area contributed by atoms with Gasteiger partial charge in [0.05, 0.1) is 13.8 Å². The molecule has 0 radical (unpaired) electrons. The SMILES string of the molecule is COc1ccc(CNc2nc(N3CCCCC3CCO)nc3c2NCN3C(C)C)cc1. The highest BCUT2D eigenvalue weighted by Gasteiger charge is 2.31. The van der Waals surface area contributed by atoms with Crippen molar-refractivity contribution >= 4 is 23.3 Å². The second-order valence-electron chi connectivity index (χ2n) is 8.53. The maximum absolute atomic E-state index is 9.55. The monoisotopic (exact) mass is 426 g/mol. The van der Waals surface area contributed by atoms with Crippen molar-refractivity contribution in [2.75, 3.05) is 47.4 Å². The molecule has 0 bridgehead atoms. The molecule has 31 heavy (non-hydrogen) atoms. The number of rotatable bonds is 8. The van der Waals surface area contributed by atoms with Crippen LogP contribution in [0, 0.1) is 0 Å². The molecule has 168 valence electrons. The van der Waals surface area contributed by atoms with Gasteiger partial charge in [-0.15, -0.1) is 0 Å². The van der Waals surface area contributed by atoms with E-state index in [4.69, 9.17) is 14.7 Å². The van der Waals surface area contributed by atoms with Gasteiger partial charge in [0, 0.05) is 31.8 Å². The van der Waals surface area contributed by atoms with Crippen molar-refractivity contribution in [1.82, 2.24) is 9.97 Å². The summed E-state index contributed by atoms with van der Waals surface area (Å²) in [5, 5.41) is 16.6. The summed E-state index contributed by atoms with van der Waals surface area (Å²) < 4.78 is 5.26. The summed E-state index contributed by atoms with van der Waals surface area (Å²) in [6, 6.07) is 8.68. The Bertz CT molecular complexity index is 871. The highest BCUT2D eigenvalue weighted by atomic mass is 16.5. The van der Waals surface area contributed by atoms with E-state index >= 15 is 0 Å². The van der Waals surface area contributed by atoms with Crippen molar-refractivity contribution in [3.05, 3.63) is 29.8 Å². The predicted molar refractivity (Wildman–Crippen MR) is 125 cm³/mol. The number of hydrogen-bond acceptors (Lipinski definition) is 8. The van der Waals surface area contributed by atoms with Crippen LogP contribution >= 0.6 is 0 Å². The van der Waals surface area contributed by atoms with E-state index in [1.165, 1.54) is 6.42 Å². The highest BCUT2D eigenvalue weighted by molar-refractivity contribution is 5.83. The summed E-state index contributed by atoms with van der Waals surface area (Å²) in [7, 11) is 1.68. The zero-order chi connectivity index (χ0) is 21.8. The fourth-order valence-electron chi connectivity index (χ4n) is 4.37. The molecule has 2 aliphatic heterocycles. The molecule has 2 aliphatic rings. The summed E-state index contributed by atoms with van der Waals surface area (Å²) in [6.07, 6.45) is 4.14. The summed E-state index contributed by atoms with van der Waals surface area (Å²) in [5.41, 5.74) is 2.12. The molecule has 0 saturated carbocycles. The van der Waals surface area contributed by atoms with Crippen LogP contribution in [0.1, 0.15) is 45.1 Å². The molecular weight excluding hydrogens is 392 g/mol. The Labute approximate surface area is 184 Å². The number of methoxy groups -OCH3 is 1. The van der Waals surface area contributed by atoms with Gasteiger partial charge < -0.3 is 30.3 Å². The Morgan fingerprint density at radius 2 is 2.03 bits per heavy atom. The van der Waals surface area contributed by atoms with Crippen LogP contribution in [0.25, 0.3) is 0 Å². The fourth-order valence-corrected chi connectivity index (χ4v) is 4.37. The first-order valence-corrected chi connectivity index (χ1v) is 11.3. The first-order valence-electron chi connectivity index (χ1n) is 11.3. The Balaban J connectivity index is 1.64. The Kier molecular flexibility index (Phi) is 6.65. The molecule has 1 atom stereocenters. The van der Waals surface area contributed by atoms with Crippen molar-refractivity contribution in [3.63, 3.8) is 0 Å². The molecule has 0 amide bonds. The number of aliphatic hydroxyl groups excluding tert-OH is 1. The molecule has 0 aliphatic carbocycles. The average Bonchev–Trinajstić information content (AvgIpc) is 3.23. The third kappa shape index (κ3) is 4.63. The van der Waals surface area contributed by atoms with E-state index in [9.17, 15) is 5.11 Å². The average molecular weight is 427 g/mol. The topological polar surface area (TPSA) is 85.8 Å². The van der Waals surface area contributed by atoms with Gasteiger partial charge >= 0.3 is 0 Å². The molecule has 2 aromatic rings.